The molecule has 0 aliphatic carbocycles. The molecule has 1 aliphatic rings. The lowest BCUT2D eigenvalue weighted by molar-refractivity contribution is 0.0460. The zero-order chi connectivity index (χ0) is 10.7. The lowest BCUT2D eigenvalue weighted by atomic mass is 10.3. The Morgan fingerprint density at radius 1 is 1.53 bits per heavy atom. The van der Waals surface area contributed by atoms with E-state index in [1.165, 1.54) is 0 Å². The first-order valence-corrected chi connectivity index (χ1v) is 5.91. The fraction of sp³-hybridized carbons (Fsp3) is 0.556. The van der Waals surface area contributed by atoms with Crippen LogP contribution < -0.4 is 10.6 Å². The molecule has 5 nitrogen and oxygen atoms in total. The minimum Gasteiger partial charge on any atom is -0.373 e. The molecule has 2 N–H and O–H groups in total. The number of nitrogens with two attached hydrogens (primary N) is 1. The van der Waals surface area contributed by atoms with E-state index in [0.29, 0.717) is 13.2 Å². The van der Waals surface area contributed by atoms with Gasteiger partial charge in [0.05, 0.1) is 12.7 Å². The van der Waals surface area contributed by atoms with Crippen LogP contribution in [0.2, 0.25) is 0 Å². The van der Waals surface area contributed by atoms with E-state index in [1.807, 2.05) is 12.4 Å². The molecule has 82 valence electrons. The van der Waals surface area contributed by atoms with Gasteiger partial charge < -0.3 is 15.4 Å². The molecule has 1 aromatic heterocycles. The normalized spacial score (nSPS) is 21.7. The van der Waals surface area contributed by atoms with E-state index < -0.39 is 0 Å². The Labute approximate surface area is 102 Å². The molecule has 15 heavy (non-hydrogen) atoms. The molecule has 0 bridgehead atoms. The molecule has 1 aromatic rings. The highest BCUT2D eigenvalue weighted by molar-refractivity contribution is 14.1. The first kappa shape index (κ1) is 11.0. The van der Waals surface area contributed by atoms with Crippen molar-refractivity contribution < 1.29 is 4.74 Å². The van der Waals surface area contributed by atoms with Crippen LogP contribution in [0.15, 0.2) is 12.4 Å². The van der Waals surface area contributed by atoms with Crippen molar-refractivity contribution in [3.63, 3.8) is 0 Å². The Hall–Kier alpha value is -0.470. The fourth-order valence-electron chi connectivity index (χ4n) is 1.51. The van der Waals surface area contributed by atoms with Crippen molar-refractivity contribution in [1.82, 2.24) is 9.97 Å². The van der Waals surface area contributed by atoms with Crippen molar-refractivity contribution in [2.75, 3.05) is 31.1 Å². The third-order valence-electron chi connectivity index (χ3n) is 2.29. The molecule has 0 spiro atoms. The average molecular weight is 320 g/mol. The number of halogens is 1. The molecule has 0 radical (unpaired) electrons. The van der Waals surface area contributed by atoms with Gasteiger partial charge in [-0.1, -0.05) is 0 Å². The molecule has 2 heterocycles. The number of hydrogen-bond donors (Lipinski definition) is 1. The summed E-state index contributed by atoms with van der Waals surface area (Å²) in [5.74, 6) is 0.761. The van der Waals surface area contributed by atoms with Crippen molar-refractivity contribution in [1.29, 1.82) is 0 Å². The summed E-state index contributed by atoms with van der Waals surface area (Å²) >= 11 is 2.19. The molecule has 0 amide bonds. The Balaban J connectivity index is 2.06. The zero-order valence-electron chi connectivity index (χ0n) is 8.27. The summed E-state index contributed by atoms with van der Waals surface area (Å²) in [4.78, 5) is 10.7. The van der Waals surface area contributed by atoms with Gasteiger partial charge in [0.15, 0.2) is 0 Å². The van der Waals surface area contributed by atoms with Crippen molar-refractivity contribution in [2.45, 2.75) is 6.10 Å². The number of ether oxygens (including phenoxy) is 1. The molecule has 0 aromatic carbocycles. The van der Waals surface area contributed by atoms with Crippen molar-refractivity contribution >= 4 is 28.5 Å². The quantitative estimate of drug-likeness (QED) is 0.791. The molecule has 1 atom stereocenters. The SMILES string of the molecule is NCC1CN(c2ncc(I)cn2)CCO1. The summed E-state index contributed by atoms with van der Waals surface area (Å²) in [7, 11) is 0. The summed E-state index contributed by atoms with van der Waals surface area (Å²) in [5.41, 5.74) is 5.57. The number of morpholine rings is 1. The molecule has 0 saturated carbocycles. The topological polar surface area (TPSA) is 64.3 Å². The van der Waals surface area contributed by atoms with Crippen LogP contribution in [0, 0.1) is 3.57 Å². The average Bonchev–Trinajstić information content (AvgIpc) is 2.30. The minimum absolute atomic E-state index is 0.0987. The van der Waals surface area contributed by atoms with E-state index in [0.717, 1.165) is 22.6 Å². The maximum absolute atomic E-state index is 5.57. The summed E-state index contributed by atoms with van der Waals surface area (Å²) in [6.07, 6.45) is 3.73. The highest BCUT2D eigenvalue weighted by Crippen LogP contribution is 2.12. The fourth-order valence-corrected chi connectivity index (χ4v) is 1.79. The maximum atomic E-state index is 5.57. The van der Waals surface area contributed by atoms with Gasteiger partial charge in [0.25, 0.3) is 0 Å². The molecule has 2 rings (SSSR count). The van der Waals surface area contributed by atoms with Gasteiger partial charge in [0.1, 0.15) is 0 Å². The second-order valence-electron chi connectivity index (χ2n) is 3.38. The molecule has 6 heteroatoms. The monoisotopic (exact) mass is 320 g/mol. The van der Waals surface area contributed by atoms with Crippen LogP contribution in [0.3, 0.4) is 0 Å². The molecule has 1 saturated heterocycles. The van der Waals surface area contributed by atoms with Crippen LogP contribution in [0.25, 0.3) is 0 Å². The molecular formula is C9H13IN4O. The highest BCUT2D eigenvalue weighted by Gasteiger charge is 2.20. The van der Waals surface area contributed by atoms with Crippen LogP contribution >= 0.6 is 22.6 Å². The van der Waals surface area contributed by atoms with Crippen molar-refractivity contribution in [2.24, 2.45) is 5.73 Å². The summed E-state index contributed by atoms with van der Waals surface area (Å²) < 4.78 is 6.52. The van der Waals surface area contributed by atoms with E-state index in [2.05, 4.69) is 37.5 Å². The van der Waals surface area contributed by atoms with Crippen LogP contribution in [-0.2, 0) is 4.74 Å². The third-order valence-corrected chi connectivity index (χ3v) is 2.85. The van der Waals surface area contributed by atoms with E-state index in [9.17, 15) is 0 Å². The van der Waals surface area contributed by atoms with Crippen LogP contribution in [0.5, 0.6) is 0 Å². The zero-order valence-corrected chi connectivity index (χ0v) is 10.4. The summed E-state index contributed by atoms with van der Waals surface area (Å²) in [6.45, 7) is 2.84. The van der Waals surface area contributed by atoms with Crippen molar-refractivity contribution in [3.05, 3.63) is 16.0 Å². The van der Waals surface area contributed by atoms with Gasteiger partial charge in [-0.05, 0) is 22.6 Å². The minimum atomic E-state index is 0.0987. The van der Waals surface area contributed by atoms with Crippen LogP contribution in [0.4, 0.5) is 5.95 Å². The van der Waals surface area contributed by atoms with Gasteiger partial charge in [0, 0.05) is 35.6 Å². The van der Waals surface area contributed by atoms with Gasteiger partial charge in [-0.25, -0.2) is 9.97 Å². The molecule has 1 aliphatic heterocycles. The number of anilines is 1. The van der Waals surface area contributed by atoms with E-state index in [4.69, 9.17) is 10.5 Å². The first-order valence-electron chi connectivity index (χ1n) is 4.84. The Morgan fingerprint density at radius 2 is 2.27 bits per heavy atom. The van der Waals surface area contributed by atoms with Crippen LogP contribution in [0.1, 0.15) is 0 Å². The molecular weight excluding hydrogens is 307 g/mol. The largest absolute Gasteiger partial charge is 0.373 e. The lowest BCUT2D eigenvalue weighted by Crippen LogP contribution is -2.46. The van der Waals surface area contributed by atoms with Gasteiger partial charge in [0.2, 0.25) is 5.95 Å². The Morgan fingerprint density at radius 3 is 2.93 bits per heavy atom. The third kappa shape index (κ3) is 2.76. The number of rotatable bonds is 2. The van der Waals surface area contributed by atoms with E-state index in [1.54, 1.807) is 0 Å². The second kappa shape index (κ2) is 5.04. The number of nitrogens with zero attached hydrogens (tertiary/aromatic N) is 3. The van der Waals surface area contributed by atoms with E-state index >= 15 is 0 Å². The standard InChI is InChI=1S/C9H13IN4O/c10-7-4-12-9(13-5-7)14-1-2-15-8(3-11)6-14/h4-5,8H,1-3,6,11H2. The Kier molecular flexibility index (Phi) is 3.71. The predicted octanol–water partition coefficient (Wildman–Crippen LogP) is 0.245. The molecule has 1 fully saturated rings. The summed E-state index contributed by atoms with van der Waals surface area (Å²) in [6, 6.07) is 0. The first-order chi connectivity index (χ1) is 7.29. The number of hydrogen-bond acceptors (Lipinski definition) is 5. The predicted molar refractivity (Wildman–Crippen MR) is 65.8 cm³/mol. The van der Waals surface area contributed by atoms with Gasteiger partial charge >= 0.3 is 0 Å². The van der Waals surface area contributed by atoms with Gasteiger partial charge in [-0.2, -0.15) is 0 Å². The smallest absolute Gasteiger partial charge is 0.225 e. The second-order valence-corrected chi connectivity index (χ2v) is 4.62. The Bertz CT molecular complexity index is 318. The number of aromatic nitrogens is 2. The summed E-state index contributed by atoms with van der Waals surface area (Å²) in [5, 5.41) is 0. The van der Waals surface area contributed by atoms with Crippen molar-refractivity contribution in [3.8, 4) is 0 Å². The lowest BCUT2D eigenvalue weighted by Gasteiger charge is -2.32. The maximum Gasteiger partial charge on any atom is 0.225 e. The van der Waals surface area contributed by atoms with Gasteiger partial charge in [-0.15, -0.1) is 0 Å². The van der Waals surface area contributed by atoms with Gasteiger partial charge in [-0.3, -0.25) is 0 Å². The highest BCUT2D eigenvalue weighted by atomic mass is 127. The van der Waals surface area contributed by atoms with E-state index in [-0.39, 0.29) is 6.10 Å². The molecule has 1 unspecified atom stereocenters. The van der Waals surface area contributed by atoms with Crippen LogP contribution in [-0.4, -0.2) is 42.3 Å².